The topological polar surface area (TPSA) is 207 Å². The fourth-order valence-electron chi connectivity index (χ4n) is 9.56. The van der Waals surface area contributed by atoms with Crippen molar-refractivity contribution in [3.8, 4) is 28.6 Å². The zero-order chi connectivity index (χ0) is 56.2. The molecule has 2 fully saturated rings. The Morgan fingerprint density at radius 3 is 1.56 bits per heavy atom. The molecule has 0 amide bonds. The second-order valence-electron chi connectivity index (χ2n) is 18.7. The van der Waals surface area contributed by atoms with Crippen molar-refractivity contribution in [2.24, 2.45) is 0 Å². The number of sulfonamides is 2. The second kappa shape index (κ2) is 20.7. The Balaban J connectivity index is 0.000000183. The van der Waals surface area contributed by atoms with Crippen molar-refractivity contribution < 1.29 is 66.4 Å². The molecule has 4 aromatic heterocycles. The predicted molar refractivity (Wildman–Crippen MR) is 276 cm³/mol. The molecule has 25 heteroatoms. The normalized spacial score (nSPS) is 15.2. The van der Waals surface area contributed by atoms with Crippen LogP contribution in [0, 0.1) is 11.6 Å². The van der Waals surface area contributed by atoms with Crippen LogP contribution in [0.2, 0.25) is 0 Å². The molecule has 2 saturated carbocycles. The SMILES string of the molecule is COc1cc(C2CC(F)(F)C2)c(F)cc1-n1c(=O)ccc2cc(S(=O)(=O)Nc3ccon3)ccc21.COc1ccc(CN(c2ccon2)S(=O)(=O)c2ccc3c(ccc(=O)n3-c3cc(F)c(C4CC(F)(F)C4)cc3OC)c2)cc1. The second-order valence-corrected chi connectivity index (χ2v) is 22.2. The van der Waals surface area contributed by atoms with E-state index in [0.717, 1.165) is 16.4 Å². The van der Waals surface area contributed by atoms with E-state index < -0.39 is 92.2 Å². The monoisotopic (exact) mass is 1130 g/mol. The Kier molecular flexibility index (Phi) is 14.1. The Morgan fingerprint density at radius 2 is 1.10 bits per heavy atom. The summed E-state index contributed by atoms with van der Waals surface area (Å²) in [6.07, 6.45) is 0.619. The first-order chi connectivity index (χ1) is 37.6. The third-order valence-electron chi connectivity index (χ3n) is 13.6. The lowest BCUT2D eigenvalue weighted by Gasteiger charge is -2.35. The molecule has 0 spiro atoms. The van der Waals surface area contributed by atoms with E-state index in [1.165, 1.54) is 128 Å². The molecule has 79 heavy (non-hydrogen) atoms. The van der Waals surface area contributed by atoms with Gasteiger partial charge in [0, 0.05) is 72.9 Å². The standard InChI is InChI=1S/C31H26F3N3O6S.C23H18F3N3O5S/c1-41-22-6-3-19(4-7-22)18-36(29-11-12-43-35-29)44(39,40)23-8-9-26-20(13-23)5-10-30(38)37(26)27-15-25(32)24(14-28(27)42-2)21-16-31(33,34)17-21;1-33-20-9-16(14-11-23(25,26)12-14)17(24)10-19(20)29-18-4-3-15(8-13(18)2-5-22(29)30)35(31,32)28-21-6-7-34-27-21/h3-15,21H,16-18H2,1-2H3;2-10,14H,11-12H2,1H3,(H,27,28). The number of anilines is 2. The number of hydrogen-bond acceptors (Lipinski definition) is 13. The molecule has 1 N–H and O–H groups in total. The molecular weight excluding hydrogens is 1090 g/mol. The smallest absolute Gasteiger partial charge is 0.265 e. The van der Waals surface area contributed by atoms with Crippen LogP contribution in [0.25, 0.3) is 33.2 Å². The lowest BCUT2D eigenvalue weighted by Crippen LogP contribution is -2.34. The molecule has 5 aromatic carbocycles. The van der Waals surface area contributed by atoms with Crippen molar-refractivity contribution in [1.29, 1.82) is 0 Å². The fourth-order valence-corrected chi connectivity index (χ4v) is 12.0. The number of pyridine rings is 2. The van der Waals surface area contributed by atoms with Crippen molar-refractivity contribution >= 4 is 53.5 Å². The highest BCUT2D eigenvalue weighted by molar-refractivity contribution is 7.93. The van der Waals surface area contributed by atoms with Crippen LogP contribution in [-0.2, 0) is 26.6 Å². The average Bonchev–Trinajstić information content (AvgIpc) is 4.25. The first-order valence-electron chi connectivity index (χ1n) is 23.9. The Morgan fingerprint density at radius 1 is 0.608 bits per heavy atom. The molecule has 0 saturated heterocycles. The lowest BCUT2D eigenvalue weighted by atomic mass is 9.76. The van der Waals surface area contributed by atoms with Gasteiger partial charge in [-0.3, -0.25) is 23.4 Å². The van der Waals surface area contributed by atoms with Gasteiger partial charge in [-0.05, 0) is 101 Å². The van der Waals surface area contributed by atoms with Crippen LogP contribution >= 0.6 is 0 Å². The van der Waals surface area contributed by atoms with Gasteiger partial charge in [-0.2, -0.15) is 0 Å². The summed E-state index contributed by atoms with van der Waals surface area (Å²) in [6.45, 7) is -0.0633. The van der Waals surface area contributed by atoms with Crippen LogP contribution in [0.5, 0.6) is 17.2 Å². The van der Waals surface area contributed by atoms with Crippen molar-refractivity contribution in [3.05, 3.63) is 183 Å². The number of ether oxygens (including phenoxy) is 3. The van der Waals surface area contributed by atoms with Gasteiger partial charge in [0.25, 0.3) is 31.2 Å². The molecule has 0 bridgehead atoms. The van der Waals surface area contributed by atoms with E-state index in [1.807, 2.05) is 0 Å². The van der Waals surface area contributed by atoms with E-state index in [0.29, 0.717) is 27.6 Å². The molecule has 410 valence electrons. The van der Waals surface area contributed by atoms with Crippen LogP contribution < -0.4 is 34.4 Å². The number of rotatable bonds is 15. The number of nitrogens with one attached hydrogen (secondary N) is 1. The van der Waals surface area contributed by atoms with E-state index >= 15 is 4.39 Å². The van der Waals surface area contributed by atoms with Gasteiger partial charge in [0.1, 0.15) is 41.4 Å². The minimum Gasteiger partial charge on any atom is -0.497 e. The highest BCUT2D eigenvalue weighted by atomic mass is 32.2. The summed E-state index contributed by atoms with van der Waals surface area (Å²) in [6, 6.07) is 28.0. The highest BCUT2D eigenvalue weighted by Gasteiger charge is 2.48. The van der Waals surface area contributed by atoms with Crippen molar-refractivity contribution in [3.63, 3.8) is 0 Å². The maximum atomic E-state index is 15.3. The quantitative estimate of drug-likeness (QED) is 0.0949. The third kappa shape index (κ3) is 10.6. The van der Waals surface area contributed by atoms with E-state index in [-0.39, 0.29) is 67.5 Å². The zero-order valence-electron chi connectivity index (χ0n) is 41.7. The van der Waals surface area contributed by atoms with E-state index in [4.69, 9.17) is 18.7 Å². The number of nitrogens with zero attached hydrogens (tertiary/aromatic N) is 5. The Hall–Kier alpha value is -8.58. The van der Waals surface area contributed by atoms with Crippen molar-refractivity contribution in [2.45, 2.75) is 65.7 Å². The van der Waals surface area contributed by atoms with Crippen LogP contribution in [0.1, 0.15) is 54.2 Å². The molecular formula is C54H44F6N6O11S2. The van der Waals surface area contributed by atoms with Gasteiger partial charge >= 0.3 is 0 Å². The minimum absolute atomic E-state index is 0.000376. The van der Waals surface area contributed by atoms with Gasteiger partial charge in [-0.15, -0.1) is 0 Å². The fraction of sp³-hybridized carbons (Fsp3) is 0.222. The first-order valence-corrected chi connectivity index (χ1v) is 26.8. The third-order valence-corrected chi connectivity index (χ3v) is 16.7. The lowest BCUT2D eigenvalue weighted by molar-refractivity contribution is -0.0879. The summed E-state index contributed by atoms with van der Waals surface area (Å²) in [5.41, 5.74) is 0.475. The van der Waals surface area contributed by atoms with Crippen molar-refractivity contribution in [1.82, 2.24) is 19.4 Å². The van der Waals surface area contributed by atoms with Crippen LogP contribution in [0.4, 0.5) is 38.0 Å². The van der Waals surface area contributed by atoms with E-state index in [1.54, 1.807) is 24.3 Å². The summed E-state index contributed by atoms with van der Waals surface area (Å²) in [5, 5.41) is 8.09. The van der Waals surface area contributed by atoms with Gasteiger partial charge in [0.15, 0.2) is 11.6 Å². The molecule has 17 nitrogen and oxygen atoms in total. The van der Waals surface area contributed by atoms with Gasteiger partial charge in [0.2, 0.25) is 11.8 Å². The molecule has 0 radical (unpaired) electrons. The zero-order valence-corrected chi connectivity index (χ0v) is 43.3. The molecule has 0 atom stereocenters. The van der Waals surface area contributed by atoms with Crippen LogP contribution in [-0.4, -0.2) is 69.5 Å². The van der Waals surface area contributed by atoms with Crippen LogP contribution in [0.15, 0.2) is 162 Å². The molecule has 11 rings (SSSR count). The minimum atomic E-state index is -4.21. The number of benzene rings is 5. The maximum absolute atomic E-state index is 15.3. The molecule has 0 unspecified atom stereocenters. The molecule has 2 aliphatic carbocycles. The summed E-state index contributed by atoms with van der Waals surface area (Å²) in [5.74, 6) is -7.56. The van der Waals surface area contributed by atoms with Crippen molar-refractivity contribution in [2.75, 3.05) is 30.4 Å². The summed E-state index contributed by atoms with van der Waals surface area (Å²) >= 11 is 0. The van der Waals surface area contributed by atoms with Gasteiger partial charge in [-0.1, -0.05) is 22.4 Å². The number of alkyl halides is 4. The molecule has 9 aromatic rings. The van der Waals surface area contributed by atoms with Gasteiger partial charge in [0.05, 0.1) is 60.1 Å². The van der Waals surface area contributed by atoms with E-state index in [9.17, 15) is 48.4 Å². The maximum Gasteiger partial charge on any atom is 0.265 e. The highest BCUT2D eigenvalue weighted by Crippen LogP contribution is 2.51. The number of hydrogen-bond donors (Lipinski definition) is 1. The van der Waals surface area contributed by atoms with Crippen LogP contribution in [0.3, 0.4) is 0 Å². The molecule has 0 aliphatic heterocycles. The average molecular weight is 1130 g/mol. The summed E-state index contributed by atoms with van der Waals surface area (Å²) < 4.78 is 169. The Bertz CT molecular complexity index is 4130. The number of methoxy groups -OCH3 is 3. The number of halogens is 6. The summed E-state index contributed by atoms with van der Waals surface area (Å²) in [7, 11) is -4.03. The summed E-state index contributed by atoms with van der Waals surface area (Å²) in [4.78, 5) is 25.7. The number of fused-ring (bicyclic) bond motifs is 2. The van der Waals surface area contributed by atoms with Gasteiger partial charge in [-0.25, -0.2) is 47.5 Å². The first kappa shape index (κ1) is 53.8. The number of aromatic nitrogens is 4. The molecule has 2 aliphatic rings. The molecule has 4 heterocycles. The largest absolute Gasteiger partial charge is 0.497 e. The predicted octanol–water partition coefficient (Wildman–Crippen LogP) is 10.5. The van der Waals surface area contributed by atoms with E-state index in [2.05, 4.69) is 19.6 Å². The Labute approximate surface area is 445 Å². The van der Waals surface area contributed by atoms with Gasteiger partial charge < -0.3 is 23.3 Å².